The smallest absolute Gasteiger partial charge is 0.336 e. The molecule has 2 atom stereocenters. The van der Waals surface area contributed by atoms with Crippen molar-refractivity contribution in [1.29, 1.82) is 0 Å². The van der Waals surface area contributed by atoms with Crippen molar-refractivity contribution in [3.05, 3.63) is 52.8 Å². The van der Waals surface area contributed by atoms with E-state index in [1.807, 2.05) is 11.0 Å². The van der Waals surface area contributed by atoms with Crippen molar-refractivity contribution in [2.45, 2.75) is 58.3 Å². The van der Waals surface area contributed by atoms with Gasteiger partial charge in [0.1, 0.15) is 5.69 Å². The number of aromatic amines is 1. The maximum atomic E-state index is 15.3. The highest BCUT2D eigenvalue weighted by atomic mass is 19.3. The van der Waals surface area contributed by atoms with Gasteiger partial charge in [0, 0.05) is 48.3 Å². The van der Waals surface area contributed by atoms with E-state index in [1.54, 1.807) is 19.1 Å². The summed E-state index contributed by atoms with van der Waals surface area (Å²) in [5.41, 5.74) is 1.12. The number of likely N-dealkylation sites (tertiary alicyclic amines) is 2. The third kappa shape index (κ3) is 3.53. The van der Waals surface area contributed by atoms with Crippen LogP contribution in [0.15, 0.2) is 30.3 Å². The van der Waals surface area contributed by atoms with Gasteiger partial charge in [0.15, 0.2) is 0 Å². The Bertz CT molecular complexity index is 1090. The summed E-state index contributed by atoms with van der Waals surface area (Å²) < 4.78 is 30.5. The normalized spacial score (nSPS) is 26.5. The number of carbonyl (C=O) groups is 2. The highest BCUT2D eigenvalue weighted by molar-refractivity contribution is 5.93. The van der Waals surface area contributed by atoms with Crippen LogP contribution >= 0.6 is 0 Å². The van der Waals surface area contributed by atoms with Crippen molar-refractivity contribution >= 4 is 11.8 Å². The quantitative estimate of drug-likeness (QED) is 0.708. The second-order valence-electron chi connectivity index (χ2n) is 10.6. The fraction of sp³-hybridized carbons (Fsp3) is 0.577. The molecule has 34 heavy (non-hydrogen) atoms. The fourth-order valence-corrected chi connectivity index (χ4v) is 6.60. The summed E-state index contributed by atoms with van der Waals surface area (Å²) >= 11 is 0. The molecule has 2 saturated heterocycles. The van der Waals surface area contributed by atoms with Gasteiger partial charge in [-0.05, 0) is 38.3 Å². The van der Waals surface area contributed by atoms with Gasteiger partial charge < -0.3 is 9.80 Å². The minimum absolute atomic E-state index is 0.114. The van der Waals surface area contributed by atoms with Crippen LogP contribution in [0, 0.1) is 17.8 Å². The molecule has 0 bridgehead atoms. The number of nitrogens with one attached hydrogen (secondary N) is 1. The van der Waals surface area contributed by atoms with E-state index >= 15 is 8.78 Å². The van der Waals surface area contributed by atoms with E-state index in [0.29, 0.717) is 24.3 Å². The van der Waals surface area contributed by atoms with E-state index < -0.39 is 11.8 Å². The van der Waals surface area contributed by atoms with Crippen molar-refractivity contribution in [2.24, 2.45) is 10.8 Å². The zero-order valence-corrected chi connectivity index (χ0v) is 19.9. The van der Waals surface area contributed by atoms with E-state index in [9.17, 15) is 9.59 Å². The number of benzene rings is 1. The van der Waals surface area contributed by atoms with Gasteiger partial charge in [-0.2, -0.15) is 13.9 Å². The number of aromatic nitrogens is 2. The summed E-state index contributed by atoms with van der Waals surface area (Å²) in [5, 5.41) is 7.17. The van der Waals surface area contributed by atoms with E-state index in [2.05, 4.69) is 17.1 Å². The molecule has 3 heterocycles. The second-order valence-corrected chi connectivity index (χ2v) is 10.6. The molecule has 1 aromatic carbocycles. The van der Waals surface area contributed by atoms with Crippen molar-refractivity contribution in [3.63, 3.8) is 0 Å². The first-order chi connectivity index (χ1) is 16.2. The minimum atomic E-state index is -3.57. The molecule has 2 unspecified atom stereocenters. The van der Waals surface area contributed by atoms with Crippen LogP contribution in [-0.2, 0) is 17.1 Å². The summed E-state index contributed by atoms with van der Waals surface area (Å²) in [4.78, 5) is 29.6. The summed E-state index contributed by atoms with van der Waals surface area (Å²) in [5.74, 6) is -4.81. The number of rotatable bonds is 5. The van der Waals surface area contributed by atoms with Gasteiger partial charge in [-0.25, -0.2) is 0 Å². The van der Waals surface area contributed by atoms with Crippen molar-refractivity contribution < 1.29 is 18.4 Å². The Kier molecular flexibility index (Phi) is 5.52. The van der Waals surface area contributed by atoms with Gasteiger partial charge in [0.2, 0.25) is 0 Å². The molecule has 1 aromatic heterocycles. The molecule has 1 N–H and O–H groups in total. The van der Waals surface area contributed by atoms with Crippen molar-refractivity contribution in [3.8, 4) is 0 Å². The molecule has 3 fully saturated rings. The molecule has 2 aliphatic heterocycles. The van der Waals surface area contributed by atoms with Crippen LogP contribution in [-0.4, -0.2) is 58.0 Å². The Morgan fingerprint density at radius 3 is 2.32 bits per heavy atom. The Balaban J connectivity index is 1.38. The highest BCUT2D eigenvalue weighted by Crippen LogP contribution is 2.60. The number of alkyl halides is 2. The molecule has 8 heteroatoms. The van der Waals surface area contributed by atoms with Gasteiger partial charge in [0.25, 0.3) is 11.8 Å². The van der Waals surface area contributed by atoms with Crippen molar-refractivity contribution in [1.82, 2.24) is 20.0 Å². The monoisotopic (exact) mass is 470 g/mol. The number of hydrogen-bond donors (Lipinski definition) is 1. The first-order valence-electron chi connectivity index (χ1n) is 12.3. The molecule has 0 radical (unpaired) electrons. The Morgan fingerprint density at radius 1 is 1.06 bits per heavy atom. The molecular weight excluding hydrogens is 438 g/mol. The number of amides is 2. The van der Waals surface area contributed by atoms with Gasteiger partial charge in [-0.3, -0.25) is 14.7 Å². The lowest BCUT2D eigenvalue weighted by Gasteiger charge is -2.41. The number of nitrogens with zero attached hydrogens (tertiary/aromatic N) is 3. The van der Waals surface area contributed by atoms with E-state index in [-0.39, 0.29) is 35.4 Å². The molecule has 1 aliphatic carbocycles. The second kappa shape index (κ2) is 8.17. The van der Waals surface area contributed by atoms with Crippen LogP contribution in [0.3, 0.4) is 0 Å². The molecule has 2 amide bonds. The van der Waals surface area contributed by atoms with Crippen molar-refractivity contribution in [2.75, 3.05) is 26.2 Å². The Morgan fingerprint density at radius 2 is 1.71 bits per heavy atom. The Labute approximate surface area is 198 Å². The molecule has 6 nitrogen and oxygen atoms in total. The molecule has 3 aliphatic rings. The highest BCUT2D eigenvalue weighted by Gasteiger charge is 2.66. The first-order valence-corrected chi connectivity index (χ1v) is 12.3. The predicted molar refractivity (Wildman–Crippen MR) is 123 cm³/mol. The van der Waals surface area contributed by atoms with Gasteiger partial charge in [-0.1, -0.05) is 49.9 Å². The zero-order chi connectivity index (χ0) is 24.1. The fourth-order valence-electron chi connectivity index (χ4n) is 6.60. The first kappa shape index (κ1) is 23.0. The average Bonchev–Trinajstić information content (AvgIpc) is 3.49. The van der Waals surface area contributed by atoms with Crippen LogP contribution in [0.5, 0.6) is 0 Å². The number of hydrogen-bond acceptors (Lipinski definition) is 3. The molecule has 5 rings (SSSR count). The third-order valence-corrected chi connectivity index (χ3v) is 8.25. The van der Waals surface area contributed by atoms with Crippen LogP contribution in [0.1, 0.15) is 66.3 Å². The molecular formula is C26H32F2N4O2. The van der Waals surface area contributed by atoms with E-state index in [0.717, 1.165) is 44.2 Å². The molecule has 1 saturated carbocycles. The van der Waals surface area contributed by atoms with E-state index in [1.165, 1.54) is 17.0 Å². The molecule has 182 valence electrons. The minimum Gasteiger partial charge on any atom is -0.336 e. The lowest BCUT2D eigenvalue weighted by molar-refractivity contribution is -0.158. The van der Waals surface area contributed by atoms with Gasteiger partial charge in [0.05, 0.1) is 0 Å². The molecule has 0 spiro atoms. The summed E-state index contributed by atoms with van der Waals surface area (Å²) in [6, 6.07) is 7.83. The summed E-state index contributed by atoms with van der Waals surface area (Å²) in [6.07, 6.45) is 5.46. The van der Waals surface area contributed by atoms with Crippen LogP contribution in [0.4, 0.5) is 8.78 Å². The SMILES string of the molecule is CCCc1cc(C(=O)N2CC34CCCCC3(C2)CN(C(=O)C(F)(F)c2cccc(C)c2)C4)n[nH]1. The van der Waals surface area contributed by atoms with E-state index in [4.69, 9.17) is 0 Å². The van der Waals surface area contributed by atoms with Crippen LogP contribution < -0.4 is 0 Å². The lowest BCUT2D eigenvalue weighted by Crippen LogP contribution is -2.44. The average molecular weight is 471 g/mol. The topological polar surface area (TPSA) is 69.3 Å². The predicted octanol–water partition coefficient (Wildman–Crippen LogP) is 4.31. The standard InChI is InChI=1S/C26H32F2N4O2/c1-3-7-20-13-21(30-29-20)22(33)31-14-24-10-4-5-11-25(24,15-31)17-32(16-24)23(34)26(27,28)19-9-6-8-18(2)12-19/h6,8-9,12-13H,3-5,7,10-11,14-17H2,1-2H3,(H,29,30). The third-order valence-electron chi connectivity index (χ3n) is 8.25. The summed E-state index contributed by atoms with van der Waals surface area (Å²) in [7, 11) is 0. The maximum Gasteiger partial charge on any atom is 0.349 e. The lowest BCUT2D eigenvalue weighted by atomic mass is 9.60. The molecule has 2 aromatic rings. The van der Waals surface area contributed by atoms with Crippen LogP contribution in [0.2, 0.25) is 0 Å². The van der Waals surface area contributed by atoms with Gasteiger partial charge in [-0.15, -0.1) is 0 Å². The largest absolute Gasteiger partial charge is 0.349 e. The number of carbonyl (C=O) groups excluding carboxylic acids is 2. The number of halogens is 2. The number of H-pyrrole nitrogens is 1. The maximum absolute atomic E-state index is 15.3. The van der Waals surface area contributed by atoms with Crippen LogP contribution in [0.25, 0.3) is 0 Å². The zero-order valence-electron chi connectivity index (χ0n) is 19.9. The number of aryl methyl sites for hydroxylation is 2. The Hall–Kier alpha value is -2.77. The summed E-state index contributed by atoms with van der Waals surface area (Å²) in [6.45, 7) is 5.34. The van der Waals surface area contributed by atoms with Gasteiger partial charge >= 0.3 is 5.92 Å².